The van der Waals surface area contributed by atoms with Crippen LogP contribution in [0.5, 0.6) is 0 Å². The van der Waals surface area contributed by atoms with E-state index in [2.05, 4.69) is 61.1 Å². The van der Waals surface area contributed by atoms with E-state index in [4.69, 9.17) is 0 Å². The van der Waals surface area contributed by atoms with Crippen LogP contribution in [0.4, 0.5) is 0 Å². The fourth-order valence-corrected chi connectivity index (χ4v) is 0.591. The summed E-state index contributed by atoms with van der Waals surface area (Å²) >= 11 is 4.52. The molecule has 0 saturated heterocycles. The highest BCUT2D eigenvalue weighted by molar-refractivity contribution is 7.81. The maximum Gasteiger partial charge on any atom is 0.0124 e. The third-order valence-corrected chi connectivity index (χ3v) is 3.65. The van der Waals surface area contributed by atoms with E-state index in [1.165, 1.54) is 19.3 Å². The molecule has 0 saturated carbocycles. The van der Waals surface area contributed by atoms with Crippen LogP contribution in [0.2, 0.25) is 0 Å². The van der Waals surface area contributed by atoms with Crippen LogP contribution in [0.1, 0.15) is 95.4 Å². The van der Waals surface area contributed by atoms with Gasteiger partial charge in [0, 0.05) is 4.75 Å². The van der Waals surface area contributed by atoms with Gasteiger partial charge in [0.1, 0.15) is 0 Å². The Balaban J connectivity index is -0.0000000887. The molecule has 0 aliphatic carbocycles. The van der Waals surface area contributed by atoms with Crippen molar-refractivity contribution in [2.24, 2.45) is 5.41 Å². The average molecular weight is 265 g/mol. The maximum atomic E-state index is 4.52. The van der Waals surface area contributed by atoms with Gasteiger partial charge in [-0.3, -0.25) is 0 Å². The smallest absolute Gasteiger partial charge is 0.0124 e. The summed E-state index contributed by atoms with van der Waals surface area (Å²) in [5, 5.41) is 0. The summed E-state index contributed by atoms with van der Waals surface area (Å²) in [4.78, 5) is 0. The molecule has 0 spiro atoms. The first-order valence-corrected chi connectivity index (χ1v) is 7.90. The topological polar surface area (TPSA) is 0 Å². The zero-order valence-electron chi connectivity index (χ0n) is 14.6. The minimum Gasteiger partial charge on any atom is -0.173 e. The number of hydrogen-bond donors (Lipinski definition) is 1. The lowest BCUT2D eigenvalue weighted by Gasteiger charge is -2.36. The van der Waals surface area contributed by atoms with Crippen molar-refractivity contribution in [1.82, 2.24) is 0 Å². The second-order valence-electron chi connectivity index (χ2n) is 4.80. The molecule has 0 aromatic carbocycles. The van der Waals surface area contributed by atoms with Crippen LogP contribution in [0, 0.1) is 5.41 Å². The Morgan fingerprint density at radius 2 is 0.941 bits per heavy atom. The Kier molecular flexibility index (Phi) is 25.0. The molecule has 0 aliphatic rings. The summed E-state index contributed by atoms with van der Waals surface area (Å²) in [6.45, 7) is 23.4. The standard InChI is InChI=1S/C8H18S.C4H10.2C2H6/c1-6-7(2,3)8(4,5)9;1-3-4-2;2*1-2/h9H,6H2,1-5H3;3-4H2,1-2H3;2*1-2H3. The molecule has 110 valence electrons. The third kappa shape index (κ3) is 18.9. The van der Waals surface area contributed by atoms with E-state index < -0.39 is 0 Å². The average Bonchev–Trinajstić information content (AvgIpc) is 2.33. The summed E-state index contributed by atoms with van der Waals surface area (Å²) < 4.78 is 0.141. The molecule has 0 aromatic rings. The van der Waals surface area contributed by atoms with Crippen LogP contribution in [0.25, 0.3) is 0 Å². The largest absolute Gasteiger partial charge is 0.173 e. The Morgan fingerprint density at radius 1 is 0.706 bits per heavy atom. The van der Waals surface area contributed by atoms with E-state index in [1.54, 1.807) is 0 Å². The highest BCUT2D eigenvalue weighted by Gasteiger charge is 2.31. The van der Waals surface area contributed by atoms with Crippen molar-refractivity contribution < 1.29 is 0 Å². The molecule has 0 amide bonds. The van der Waals surface area contributed by atoms with E-state index in [9.17, 15) is 0 Å². The number of unbranched alkanes of at least 4 members (excludes halogenated alkanes) is 1. The molecule has 0 heterocycles. The van der Waals surface area contributed by atoms with E-state index in [0.717, 1.165) is 0 Å². The van der Waals surface area contributed by atoms with Crippen LogP contribution < -0.4 is 0 Å². The fraction of sp³-hybridized carbons (Fsp3) is 1.00. The molecule has 0 rings (SSSR count). The van der Waals surface area contributed by atoms with Crippen molar-refractivity contribution in [3.8, 4) is 0 Å². The summed E-state index contributed by atoms with van der Waals surface area (Å²) in [5.41, 5.74) is 0.343. The zero-order chi connectivity index (χ0) is 15.1. The summed E-state index contributed by atoms with van der Waals surface area (Å²) in [6, 6.07) is 0. The number of thiol groups is 1. The van der Waals surface area contributed by atoms with Gasteiger partial charge in [0.25, 0.3) is 0 Å². The molecule has 0 N–H and O–H groups in total. The van der Waals surface area contributed by atoms with Gasteiger partial charge in [-0.2, -0.15) is 12.6 Å². The van der Waals surface area contributed by atoms with Gasteiger partial charge in [0.2, 0.25) is 0 Å². The Morgan fingerprint density at radius 3 is 0.941 bits per heavy atom. The highest BCUT2D eigenvalue weighted by atomic mass is 32.1. The predicted octanol–water partition coefficient (Wildman–Crippen LogP) is 6.99. The summed E-state index contributed by atoms with van der Waals surface area (Å²) in [7, 11) is 0. The molecular formula is C16H40S. The highest BCUT2D eigenvalue weighted by Crippen LogP contribution is 2.38. The normalized spacial score (nSPS) is 9.88. The van der Waals surface area contributed by atoms with Gasteiger partial charge in [0.05, 0.1) is 0 Å². The van der Waals surface area contributed by atoms with Crippen molar-refractivity contribution in [2.75, 3.05) is 0 Å². The lowest BCUT2D eigenvalue weighted by Crippen LogP contribution is -2.32. The molecule has 0 unspecified atom stereocenters. The maximum absolute atomic E-state index is 4.52. The molecule has 17 heavy (non-hydrogen) atoms. The van der Waals surface area contributed by atoms with Crippen molar-refractivity contribution >= 4 is 12.6 Å². The van der Waals surface area contributed by atoms with E-state index in [0.29, 0.717) is 5.41 Å². The van der Waals surface area contributed by atoms with Crippen LogP contribution in [0.3, 0.4) is 0 Å². The van der Waals surface area contributed by atoms with Crippen molar-refractivity contribution in [2.45, 2.75) is 100 Å². The minimum atomic E-state index is 0.141. The second kappa shape index (κ2) is 16.4. The van der Waals surface area contributed by atoms with Crippen LogP contribution >= 0.6 is 12.6 Å². The first kappa shape index (κ1) is 26.0. The van der Waals surface area contributed by atoms with Gasteiger partial charge >= 0.3 is 0 Å². The molecule has 0 nitrogen and oxygen atoms in total. The van der Waals surface area contributed by atoms with Crippen LogP contribution in [-0.2, 0) is 0 Å². The summed E-state index contributed by atoms with van der Waals surface area (Å²) in [5.74, 6) is 0. The fourth-order valence-electron chi connectivity index (χ4n) is 0.433. The minimum absolute atomic E-state index is 0.141. The quantitative estimate of drug-likeness (QED) is 0.522. The van der Waals surface area contributed by atoms with Crippen molar-refractivity contribution in [3.05, 3.63) is 0 Å². The second-order valence-corrected chi connectivity index (χ2v) is 5.91. The Bertz CT molecular complexity index is 107. The molecule has 0 radical (unpaired) electrons. The van der Waals surface area contributed by atoms with E-state index in [-0.39, 0.29) is 4.75 Å². The first-order valence-electron chi connectivity index (χ1n) is 7.45. The van der Waals surface area contributed by atoms with Gasteiger partial charge in [-0.15, -0.1) is 0 Å². The lowest BCUT2D eigenvalue weighted by atomic mass is 9.78. The molecule has 1 heteroatoms. The van der Waals surface area contributed by atoms with Gasteiger partial charge in [0.15, 0.2) is 0 Å². The third-order valence-electron chi connectivity index (χ3n) is 3.04. The van der Waals surface area contributed by atoms with Crippen LogP contribution in [0.15, 0.2) is 0 Å². The van der Waals surface area contributed by atoms with Crippen LogP contribution in [-0.4, -0.2) is 4.75 Å². The van der Waals surface area contributed by atoms with E-state index >= 15 is 0 Å². The summed E-state index contributed by atoms with van der Waals surface area (Å²) in [6.07, 6.45) is 3.82. The Labute approximate surface area is 118 Å². The van der Waals surface area contributed by atoms with Gasteiger partial charge in [-0.05, 0) is 11.8 Å². The molecule has 0 atom stereocenters. The predicted molar refractivity (Wildman–Crippen MR) is 90.4 cm³/mol. The lowest BCUT2D eigenvalue weighted by molar-refractivity contribution is 0.274. The van der Waals surface area contributed by atoms with Gasteiger partial charge in [-0.25, -0.2) is 0 Å². The molecule has 0 aliphatic heterocycles. The zero-order valence-corrected chi connectivity index (χ0v) is 15.5. The SMILES string of the molecule is CC.CC.CCC(C)(C)C(C)(C)S.CCCC. The van der Waals surface area contributed by atoms with Crippen molar-refractivity contribution in [3.63, 3.8) is 0 Å². The Hall–Kier alpha value is 0.350. The molecule has 0 aromatic heterocycles. The van der Waals surface area contributed by atoms with Gasteiger partial charge < -0.3 is 0 Å². The monoisotopic (exact) mass is 264 g/mol. The number of rotatable bonds is 3. The van der Waals surface area contributed by atoms with E-state index in [1.807, 2.05) is 27.7 Å². The molecule has 0 bridgehead atoms. The number of hydrogen-bond acceptors (Lipinski definition) is 1. The van der Waals surface area contributed by atoms with Crippen molar-refractivity contribution in [1.29, 1.82) is 0 Å². The van der Waals surface area contributed by atoms with Gasteiger partial charge in [-0.1, -0.05) is 89.0 Å². The molecular weight excluding hydrogens is 224 g/mol. The first-order chi connectivity index (χ1) is 7.72. The molecule has 0 fully saturated rings.